The van der Waals surface area contributed by atoms with Crippen LogP contribution in [0.25, 0.3) is 0 Å². The zero-order valence-corrected chi connectivity index (χ0v) is 16.5. The van der Waals surface area contributed by atoms with E-state index in [0.717, 1.165) is 5.56 Å². The number of alkyl halides is 2. The van der Waals surface area contributed by atoms with Crippen LogP contribution in [-0.4, -0.2) is 61.5 Å². The lowest BCUT2D eigenvalue weighted by atomic mass is 10.2. The van der Waals surface area contributed by atoms with Gasteiger partial charge in [-0.05, 0) is 38.5 Å². The second-order valence-electron chi connectivity index (χ2n) is 5.93. The first-order valence-electron chi connectivity index (χ1n) is 9.22. The number of hydrogen-bond acceptors (Lipinski definition) is 3. The molecule has 1 amide bonds. The summed E-state index contributed by atoms with van der Waals surface area (Å²) in [6, 6.07) is 6.51. The summed E-state index contributed by atoms with van der Waals surface area (Å²) in [7, 11) is 1.89. The highest BCUT2D eigenvalue weighted by molar-refractivity contribution is 5.80. The molecule has 1 N–H and O–H groups in total. The van der Waals surface area contributed by atoms with E-state index in [9.17, 15) is 13.6 Å². The van der Waals surface area contributed by atoms with E-state index >= 15 is 0 Å². The molecule has 8 heteroatoms. The molecule has 0 aliphatic rings. The van der Waals surface area contributed by atoms with E-state index in [1.807, 2.05) is 32.7 Å². The quantitative estimate of drug-likeness (QED) is 0.498. The van der Waals surface area contributed by atoms with E-state index in [1.54, 1.807) is 17.0 Å². The Bertz CT molecular complexity index is 590. The second kappa shape index (κ2) is 12.1. The molecule has 1 rings (SSSR count). The van der Waals surface area contributed by atoms with Crippen LogP contribution in [0, 0.1) is 0 Å². The summed E-state index contributed by atoms with van der Waals surface area (Å²) in [4.78, 5) is 20.3. The van der Waals surface area contributed by atoms with Gasteiger partial charge >= 0.3 is 6.61 Å². The van der Waals surface area contributed by atoms with Crippen LogP contribution in [-0.2, 0) is 11.3 Å². The van der Waals surface area contributed by atoms with Gasteiger partial charge in [-0.15, -0.1) is 0 Å². The first-order valence-corrected chi connectivity index (χ1v) is 9.22. The van der Waals surface area contributed by atoms with Crippen LogP contribution >= 0.6 is 0 Å². The lowest BCUT2D eigenvalue weighted by molar-refractivity contribution is -0.130. The Morgan fingerprint density at radius 2 is 1.81 bits per heavy atom. The minimum Gasteiger partial charge on any atom is -0.435 e. The number of guanidine groups is 1. The van der Waals surface area contributed by atoms with Gasteiger partial charge in [-0.25, -0.2) is 0 Å². The standard InChI is InChI=1S/C19H30F2N4O2/c1-5-22-19(23-13-12-17(26)25(6-2)7-3)24(4)14-15-8-10-16(11-9-15)27-18(20)21/h8-11,18H,5-7,12-14H2,1-4H3,(H,22,23). The second-order valence-corrected chi connectivity index (χ2v) is 5.93. The van der Waals surface area contributed by atoms with Crippen molar-refractivity contribution in [3.63, 3.8) is 0 Å². The summed E-state index contributed by atoms with van der Waals surface area (Å²) < 4.78 is 28.8. The van der Waals surface area contributed by atoms with Gasteiger partial charge in [0.25, 0.3) is 0 Å². The van der Waals surface area contributed by atoms with Gasteiger partial charge in [0.1, 0.15) is 5.75 Å². The molecular formula is C19H30F2N4O2. The van der Waals surface area contributed by atoms with Crippen molar-refractivity contribution in [3.8, 4) is 5.75 Å². The van der Waals surface area contributed by atoms with E-state index in [1.165, 1.54) is 12.1 Å². The van der Waals surface area contributed by atoms with Crippen molar-refractivity contribution in [2.24, 2.45) is 4.99 Å². The maximum Gasteiger partial charge on any atom is 0.387 e. The number of nitrogens with zero attached hydrogens (tertiary/aromatic N) is 3. The third-order valence-electron chi connectivity index (χ3n) is 3.97. The number of nitrogens with one attached hydrogen (secondary N) is 1. The molecular weight excluding hydrogens is 354 g/mol. The molecule has 0 radical (unpaired) electrons. The molecule has 0 heterocycles. The number of amides is 1. The summed E-state index contributed by atoms with van der Waals surface area (Å²) in [6.45, 7) is 6.11. The number of benzene rings is 1. The number of rotatable bonds is 10. The fraction of sp³-hybridized carbons (Fsp3) is 0.579. The summed E-state index contributed by atoms with van der Waals surface area (Å²) in [5.74, 6) is 0.918. The Morgan fingerprint density at radius 3 is 2.33 bits per heavy atom. The molecule has 0 atom stereocenters. The third kappa shape index (κ3) is 8.23. The zero-order valence-electron chi connectivity index (χ0n) is 16.5. The van der Waals surface area contributed by atoms with Gasteiger partial charge in [0.15, 0.2) is 5.96 Å². The Labute approximate surface area is 160 Å². The van der Waals surface area contributed by atoms with Crippen LogP contribution in [0.15, 0.2) is 29.3 Å². The average molecular weight is 384 g/mol. The van der Waals surface area contributed by atoms with E-state index in [4.69, 9.17) is 0 Å². The van der Waals surface area contributed by atoms with Crippen LogP contribution in [0.1, 0.15) is 32.8 Å². The number of carbonyl (C=O) groups is 1. The molecule has 0 saturated heterocycles. The van der Waals surface area contributed by atoms with Gasteiger partial charge in [0.05, 0.1) is 6.54 Å². The molecule has 0 unspecified atom stereocenters. The normalized spacial score (nSPS) is 11.4. The Balaban J connectivity index is 2.66. The summed E-state index contributed by atoms with van der Waals surface area (Å²) in [6.07, 6.45) is 0.365. The maximum absolute atomic E-state index is 12.2. The lowest BCUT2D eigenvalue weighted by Crippen LogP contribution is -2.39. The van der Waals surface area contributed by atoms with Crippen molar-refractivity contribution in [2.75, 3.05) is 33.2 Å². The topological polar surface area (TPSA) is 57.2 Å². The van der Waals surface area contributed by atoms with E-state index in [-0.39, 0.29) is 11.7 Å². The van der Waals surface area contributed by atoms with Crippen molar-refractivity contribution in [2.45, 2.75) is 40.3 Å². The van der Waals surface area contributed by atoms with Crippen molar-refractivity contribution in [1.29, 1.82) is 0 Å². The molecule has 0 spiro atoms. The van der Waals surface area contributed by atoms with E-state index in [2.05, 4.69) is 15.0 Å². The third-order valence-corrected chi connectivity index (χ3v) is 3.97. The van der Waals surface area contributed by atoms with Crippen molar-refractivity contribution in [1.82, 2.24) is 15.1 Å². The van der Waals surface area contributed by atoms with Crippen LogP contribution in [0.3, 0.4) is 0 Å². The monoisotopic (exact) mass is 384 g/mol. The summed E-state index contributed by atoms with van der Waals surface area (Å²) in [5.41, 5.74) is 0.934. The Morgan fingerprint density at radius 1 is 1.19 bits per heavy atom. The molecule has 1 aromatic rings. The van der Waals surface area contributed by atoms with E-state index < -0.39 is 6.61 Å². The molecule has 152 valence electrons. The van der Waals surface area contributed by atoms with Crippen LogP contribution < -0.4 is 10.1 Å². The fourth-order valence-corrected chi connectivity index (χ4v) is 2.59. The molecule has 0 bridgehead atoms. The molecule has 0 fully saturated rings. The van der Waals surface area contributed by atoms with Crippen LogP contribution in [0.4, 0.5) is 8.78 Å². The zero-order chi connectivity index (χ0) is 20.2. The maximum atomic E-state index is 12.2. The highest BCUT2D eigenvalue weighted by Crippen LogP contribution is 2.15. The molecule has 1 aromatic carbocycles. The average Bonchev–Trinajstić information content (AvgIpc) is 2.63. The smallest absolute Gasteiger partial charge is 0.387 e. The van der Waals surface area contributed by atoms with E-state index in [0.29, 0.717) is 45.1 Å². The first kappa shape index (κ1) is 22.7. The van der Waals surface area contributed by atoms with Crippen LogP contribution in [0.2, 0.25) is 0 Å². The van der Waals surface area contributed by atoms with Gasteiger partial charge in [0.2, 0.25) is 5.91 Å². The van der Waals surface area contributed by atoms with Crippen molar-refractivity contribution >= 4 is 11.9 Å². The highest BCUT2D eigenvalue weighted by atomic mass is 19.3. The number of aliphatic imine (C=N–C) groups is 1. The first-order chi connectivity index (χ1) is 12.9. The van der Waals surface area contributed by atoms with Gasteiger partial charge in [-0.2, -0.15) is 8.78 Å². The van der Waals surface area contributed by atoms with Gasteiger partial charge in [-0.1, -0.05) is 12.1 Å². The van der Waals surface area contributed by atoms with Gasteiger partial charge in [0, 0.05) is 39.6 Å². The molecule has 6 nitrogen and oxygen atoms in total. The number of carbonyl (C=O) groups excluding carboxylic acids is 1. The fourth-order valence-electron chi connectivity index (χ4n) is 2.59. The van der Waals surface area contributed by atoms with Crippen LogP contribution in [0.5, 0.6) is 5.75 Å². The molecule has 27 heavy (non-hydrogen) atoms. The van der Waals surface area contributed by atoms with Crippen molar-refractivity contribution in [3.05, 3.63) is 29.8 Å². The number of halogens is 2. The minimum absolute atomic E-state index is 0.0943. The largest absolute Gasteiger partial charge is 0.435 e. The lowest BCUT2D eigenvalue weighted by Gasteiger charge is -2.22. The summed E-state index contributed by atoms with van der Waals surface area (Å²) in [5, 5.41) is 3.20. The number of hydrogen-bond donors (Lipinski definition) is 1. The molecule has 0 saturated carbocycles. The summed E-state index contributed by atoms with van der Waals surface area (Å²) >= 11 is 0. The Kier molecular flexibility index (Phi) is 10.1. The predicted octanol–water partition coefficient (Wildman–Crippen LogP) is 2.94. The molecule has 0 aliphatic carbocycles. The molecule has 0 aromatic heterocycles. The highest BCUT2D eigenvalue weighted by Gasteiger charge is 2.11. The SMILES string of the molecule is CCNC(=NCCC(=O)N(CC)CC)N(C)Cc1ccc(OC(F)F)cc1. The van der Waals surface area contributed by atoms with Gasteiger partial charge < -0.3 is 19.9 Å². The Hall–Kier alpha value is -2.38. The predicted molar refractivity (Wildman–Crippen MR) is 103 cm³/mol. The van der Waals surface area contributed by atoms with Gasteiger partial charge in [-0.3, -0.25) is 9.79 Å². The molecule has 0 aliphatic heterocycles. The minimum atomic E-state index is -2.83. The number of ether oxygens (including phenoxy) is 1. The van der Waals surface area contributed by atoms with Crippen molar-refractivity contribution < 1.29 is 18.3 Å².